The van der Waals surface area contributed by atoms with Crippen molar-refractivity contribution < 1.29 is 48.5 Å². The Kier molecular flexibility index (Phi) is 16.1. The summed E-state index contributed by atoms with van der Waals surface area (Å²) in [7, 11) is 0. The van der Waals surface area contributed by atoms with Crippen LogP contribution in [0.15, 0.2) is 114 Å². The van der Waals surface area contributed by atoms with E-state index in [1.54, 1.807) is 42.2 Å². The van der Waals surface area contributed by atoms with Crippen LogP contribution in [0, 0.1) is 27.9 Å². The van der Waals surface area contributed by atoms with Gasteiger partial charge < -0.3 is 39.3 Å². The number of allylic oxidation sites excluding steroid dienone is 1. The molecule has 1 heterocycles. The van der Waals surface area contributed by atoms with Crippen LogP contribution in [0.1, 0.15) is 81.4 Å². The van der Waals surface area contributed by atoms with Gasteiger partial charge in [0.1, 0.15) is 24.1 Å². The molecule has 0 bridgehead atoms. The van der Waals surface area contributed by atoms with Crippen molar-refractivity contribution in [2.75, 3.05) is 33.0 Å². The molecular formula is C51H60N4O11. The van der Waals surface area contributed by atoms with E-state index < -0.39 is 34.9 Å². The van der Waals surface area contributed by atoms with Crippen molar-refractivity contribution in [3.8, 4) is 11.5 Å². The summed E-state index contributed by atoms with van der Waals surface area (Å²) in [5.41, 5.74) is 3.66. The Morgan fingerprint density at radius 2 is 1.76 bits per heavy atom. The van der Waals surface area contributed by atoms with Gasteiger partial charge in [-0.1, -0.05) is 72.6 Å². The van der Waals surface area contributed by atoms with Gasteiger partial charge in [-0.3, -0.25) is 15.0 Å². The quantitative estimate of drug-likeness (QED) is 0.0312. The van der Waals surface area contributed by atoms with Crippen LogP contribution in [0.3, 0.4) is 0 Å². The van der Waals surface area contributed by atoms with Crippen LogP contribution in [0.25, 0.3) is 10.8 Å². The summed E-state index contributed by atoms with van der Waals surface area (Å²) in [6.45, 7) is 8.34. The van der Waals surface area contributed by atoms with Gasteiger partial charge in [0.05, 0.1) is 36.3 Å². The Labute approximate surface area is 385 Å². The first-order chi connectivity index (χ1) is 32.2. The predicted octanol–water partition coefficient (Wildman–Crippen LogP) is 9.35. The molecule has 2 amide bonds. The molecule has 0 spiro atoms. The van der Waals surface area contributed by atoms with Crippen molar-refractivity contribution in [2.45, 2.75) is 89.7 Å². The second-order valence-electron chi connectivity index (χ2n) is 16.9. The van der Waals surface area contributed by atoms with Gasteiger partial charge >= 0.3 is 12.2 Å². The first kappa shape index (κ1) is 47.7. The van der Waals surface area contributed by atoms with Crippen LogP contribution < -0.4 is 14.8 Å². The zero-order valence-electron chi connectivity index (χ0n) is 37.6. The Morgan fingerprint density at radius 1 is 1.00 bits per heavy atom. The minimum Gasteiger partial charge on any atom is -0.459 e. The van der Waals surface area contributed by atoms with Crippen molar-refractivity contribution in [1.82, 2.24) is 10.2 Å². The number of rotatable bonds is 21. The van der Waals surface area contributed by atoms with E-state index >= 15 is 0 Å². The molecule has 0 radical (unpaired) electrons. The number of fused-ring (bicyclic) bond motifs is 3. The maximum atomic E-state index is 14.7. The molecule has 3 N–H and O–H groups in total. The van der Waals surface area contributed by atoms with Gasteiger partial charge in [0.2, 0.25) is 5.79 Å². The fraction of sp³-hybridized carbons (Fsp3) is 0.431. The maximum absolute atomic E-state index is 14.7. The molecule has 1 saturated carbocycles. The number of nitrogens with zero attached hydrogens (tertiary/aromatic N) is 3. The average Bonchev–Trinajstić information content (AvgIpc) is 3.32. The summed E-state index contributed by atoms with van der Waals surface area (Å²) in [4.78, 5) is 46.4. The number of nitro groups is 1. The summed E-state index contributed by atoms with van der Waals surface area (Å²) < 4.78 is 26.1. The van der Waals surface area contributed by atoms with Crippen LogP contribution in [0.4, 0.5) is 15.3 Å². The van der Waals surface area contributed by atoms with Gasteiger partial charge in [0.25, 0.3) is 5.69 Å². The van der Waals surface area contributed by atoms with E-state index in [1.807, 2.05) is 55.5 Å². The van der Waals surface area contributed by atoms with Crippen LogP contribution in [-0.4, -0.2) is 82.7 Å². The fourth-order valence-electron chi connectivity index (χ4n) is 10.0. The number of hydrogen-bond acceptors (Lipinski definition) is 12. The van der Waals surface area contributed by atoms with Crippen molar-refractivity contribution in [1.29, 1.82) is 0 Å². The van der Waals surface area contributed by atoms with E-state index in [1.165, 1.54) is 12.1 Å². The molecule has 66 heavy (non-hydrogen) atoms. The lowest BCUT2D eigenvalue weighted by molar-refractivity contribution is -0.384. The number of non-ortho nitro benzene ring substituents is 1. The summed E-state index contributed by atoms with van der Waals surface area (Å²) in [6, 6.07) is 24.5. The number of aliphatic hydroxyl groups is 2. The lowest BCUT2D eigenvalue weighted by Crippen LogP contribution is -2.70. The van der Waals surface area contributed by atoms with E-state index in [4.69, 9.17) is 28.9 Å². The molecule has 3 aliphatic rings. The second kappa shape index (κ2) is 22.3. The number of nitro benzene ring substituents is 1. The highest BCUT2D eigenvalue weighted by atomic mass is 16.7. The van der Waals surface area contributed by atoms with Gasteiger partial charge in [0, 0.05) is 49.8 Å². The number of aliphatic hydroxyl groups excluding tert-OH is 2. The SMILES string of the molecule is C=CCO[C@@]12Oc3ccc(OC(=O)NCC)cc3[C@H]3[C@H](CCCCO)[C@@H](CCCCO)C=C(C(=NOCc4ccc([N+](=O)[O-])cc4)C[C@@H]1N(Cc1cccc4ccccc14)C(=O)OCC)[C@H]32. The number of carbonyl (C=O) groups is 2. The van der Waals surface area contributed by atoms with Gasteiger partial charge in [-0.15, -0.1) is 6.58 Å². The summed E-state index contributed by atoms with van der Waals surface area (Å²) in [6.07, 6.45) is 6.93. The summed E-state index contributed by atoms with van der Waals surface area (Å²) >= 11 is 0. The van der Waals surface area contributed by atoms with Gasteiger partial charge in [0.15, 0.2) is 0 Å². The van der Waals surface area contributed by atoms with Gasteiger partial charge in [-0.05, 0) is 109 Å². The highest BCUT2D eigenvalue weighted by molar-refractivity contribution is 6.03. The van der Waals surface area contributed by atoms with E-state index in [9.17, 15) is 29.9 Å². The molecule has 15 heteroatoms. The molecule has 15 nitrogen and oxygen atoms in total. The Hall–Kier alpha value is -6.29. The molecule has 6 atom stereocenters. The van der Waals surface area contributed by atoms with E-state index in [0.29, 0.717) is 55.0 Å². The lowest BCUT2D eigenvalue weighted by Gasteiger charge is -2.59. The smallest absolute Gasteiger partial charge is 0.412 e. The molecule has 0 unspecified atom stereocenters. The Morgan fingerprint density at radius 3 is 2.48 bits per heavy atom. The Bertz CT molecular complexity index is 2400. The second-order valence-corrected chi connectivity index (χ2v) is 16.9. The highest BCUT2D eigenvalue weighted by Gasteiger charge is 2.65. The number of unbranched alkanes of at least 4 members (excludes halogenated alkanes) is 2. The fourth-order valence-corrected chi connectivity index (χ4v) is 10.0. The zero-order valence-corrected chi connectivity index (χ0v) is 37.6. The van der Waals surface area contributed by atoms with Crippen molar-refractivity contribution in [2.24, 2.45) is 22.9 Å². The third-order valence-electron chi connectivity index (χ3n) is 12.8. The lowest BCUT2D eigenvalue weighted by atomic mass is 9.55. The first-order valence-corrected chi connectivity index (χ1v) is 23.0. The number of ether oxygens (including phenoxy) is 4. The van der Waals surface area contributed by atoms with Crippen LogP contribution in [0.2, 0.25) is 0 Å². The maximum Gasteiger partial charge on any atom is 0.412 e. The average molecular weight is 905 g/mol. The molecule has 4 aromatic carbocycles. The topological polar surface area (TPSA) is 192 Å². The third kappa shape index (κ3) is 10.4. The predicted molar refractivity (Wildman–Crippen MR) is 249 cm³/mol. The monoisotopic (exact) mass is 904 g/mol. The van der Waals surface area contributed by atoms with E-state index in [0.717, 1.165) is 40.3 Å². The minimum absolute atomic E-state index is 0.00675. The van der Waals surface area contributed by atoms with E-state index in [-0.39, 0.29) is 69.4 Å². The van der Waals surface area contributed by atoms with Crippen molar-refractivity contribution in [3.05, 3.63) is 136 Å². The van der Waals surface area contributed by atoms with Crippen LogP contribution in [-0.2, 0) is 27.5 Å². The number of carbonyl (C=O) groups excluding carboxylic acids is 2. The molecule has 0 aromatic heterocycles. The zero-order chi connectivity index (χ0) is 46.6. The highest BCUT2D eigenvalue weighted by Crippen LogP contribution is 2.62. The molecule has 4 aromatic rings. The summed E-state index contributed by atoms with van der Waals surface area (Å²) in [5.74, 6) is -1.88. The number of nitrogens with one attached hydrogen (secondary N) is 1. The minimum atomic E-state index is -1.57. The normalized spacial score (nSPS) is 22.3. The molecule has 0 saturated heterocycles. The van der Waals surface area contributed by atoms with E-state index in [2.05, 4.69) is 18.0 Å². The molecule has 7 rings (SSSR count). The third-order valence-corrected chi connectivity index (χ3v) is 12.8. The van der Waals surface area contributed by atoms with Crippen LogP contribution >= 0.6 is 0 Å². The molecular weight excluding hydrogens is 845 g/mol. The standard InChI is InChI=1S/C51H60N4O11/c1-4-28-63-51-46(54(50(59)62-6-3)32-37-17-13-16-35-14-7-8-18-40(35)37)31-44(53-64-33-34-20-22-38(23-21-34)55(60)61)42-29-36(15-9-11-26-56)41(19-10-12-27-57)47(48(42)51)43-30-39(24-25-45(43)66-51)65-49(58)52-5-2/h4,7-8,13-14,16-18,20-25,29-30,36,41,46-48,56-57H,1,5-6,9-12,15,19,26-28,31-33H2,2-3H3,(H,52,58)/t36-,41+,46-,47+,48+,51+/m0/s1. The molecule has 1 fully saturated rings. The van der Waals surface area contributed by atoms with Gasteiger partial charge in [-0.2, -0.15) is 0 Å². The molecule has 1 aliphatic heterocycles. The van der Waals surface area contributed by atoms with Gasteiger partial charge in [-0.25, -0.2) is 9.59 Å². The molecule has 350 valence electrons. The molecule has 2 aliphatic carbocycles. The van der Waals surface area contributed by atoms with Crippen LogP contribution in [0.5, 0.6) is 11.5 Å². The number of benzene rings is 4. The number of hydrogen-bond donors (Lipinski definition) is 3. The largest absolute Gasteiger partial charge is 0.459 e. The van der Waals surface area contributed by atoms with Crippen molar-refractivity contribution in [3.63, 3.8) is 0 Å². The first-order valence-electron chi connectivity index (χ1n) is 23.0. The number of amides is 2. The summed E-state index contributed by atoms with van der Waals surface area (Å²) in [5, 5.41) is 40.9. The van der Waals surface area contributed by atoms with Crippen molar-refractivity contribution >= 4 is 34.4 Å². The Balaban J connectivity index is 1.46. The number of oxime groups is 1.